The van der Waals surface area contributed by atoms with Gasteiger partial charge in [-0.1, -0.05) is 24.8 Å². The maximum atomic E-state index is 10.7. The molecule has 0 heterocycles. The van der Waals surface area contributed by atoms with E-state index in [4.69, 9.17) is 0 Å². The van der Waals surface area contributed by atoms with Crippen LogP contribution in [-0.2, 0) is 4.57 Å². The molecule has 9 heavy (non-hydrogen) atoms. The van der Waals surface area contributed by atoms with E-state index in [9.17, 15) is 4.57 Å². The summed E-state index contributed by atoms with van der Waals surface area (Å²) in [7, 11) is -0.901. The molecule has 2 heteroatoms. The zero-order valence-corrected chi connectivity index (χ0v) is 7.45. The van der Waals surface area contributed by atoms with Gasteiger partial charge in [-0.3, -0.25) is 0 Å². The minimum atomic E-state index is -0.901. The summed E-state index contributed by atoms with van der Waals surface area (Å²) in [6.45, 7) is 6.14. The van der Waals surface area contributed by atoms with Crippen molar-refractivity contribution in [2.75, 3.05) is 12.8 Å². The monoisotopic (exact) mass is 147 g/mol. The Balaban J connectivity index is 3.26. The molecule has 0 aromatic heterocycles. The van der Waals surface area contributed by atoms with Crippen molar-refractivity contribution in [1.29, 1.82) is 0 Å². The highest BCUT2D eigenvalue weighted by Gasteiger charge is 2.11. The summed E-state index contributed by atoms with van der Waals surface area (Å²) in [6, 6.07) is 0. The van der Waals surface area contributed by atoms with Crippen LogP contribution < -0.4 is 0 Å². The molecule has 0 N–H and O–H groups in total. The highest BCUT2D eigenvalue weighted by Crippen LogP contribution is 2.20. The molecule has 0 amide bonds. The molecule has 0 saturated carbocycles. The van der Waals surface area contributed by atoms with Gasteiger partial charge in [0.05, 0.1) is 0 Å². The lowest BCUT2D eigenvalue weighted by Gasteiger charge is -1.99. The standard InChI is InChI=1S/C7H16OP/c1-4-5-7(2)6-9(3)8/h7H,4-6H2,1-3H3/q+1. The van der Waals surface area contributed by atoms with Crippen molar-refractivity contribution >= 4 is 7.80 Å². The summed E-state index contributed by atoms with van der Waals surface area (Å²) in [5, 5.41) is 0. The van der Waals surface area contributed by atoms with Gasteiger partial charge < -0.3 is 0 Å². The molecule has 0 fully saturated rings. The molecule has 0 saturated heterocycles. The summed E-state index contributed by atoms with van der Waals surface area (Å²) >= 11 is 0. The van der Waals surface area contributed by atoms with Crippen LogP contribution in [-0.4, -0.2) is 12.8 Å². The third kappa shape index (κ3) is 5.98. The molecular weight excluding hydrogens is 131 g/mol. The topological polar surface area (TPSA) is 17.1 Å². The minimum Gasteiger partial charge on any atom is -0.0752 e. The van der Waals surface area contributed by atoms with Gasteiger partial charge in [0.2, 0.25) is 0 Å². The molecule has 0 rings (SSSR count). The highest BCUT2D eigenvalue weighted by atomic mass is 31.1. The second kappa shape index (κ2) is 4.93. The lowest BCUT2D eigenvalue weighted by Crippen LogP contribution is -1.95. The highest BCUT2D eigenvalue weighted by molar-refractivity contribution is 7.43. The Bertz CT molecular complexity index is 90.9. The Morgan fingerprint density at radius 2 is 2.11 bits per heavy atom. The average molecular weight is 147 g/mol. The first-order valence-corrected chi connectivity index (χ1v) is 5.44. The van der Waals surface area contributed by atoms with Gasteiger partial charge in [0, 0.05) is 0 Å². The zero-order valence-electron chi connectivity index (χ0n) is 6.55. The van der Waals surface area contributed by atoms with E-state index < -0.39 is 7.80 Å². The predicted octanol–water partition coefficient (Wildman–Crippen LogP) is 2.88. The number of hydrogen-bond acceptors (Lipinski definition) is 1. The summed E-state index contributed by atoms with van der Waals surface area (Å²) in [4.78, 5) is 0. The van der Waals surface area contributed by atoms with Crippen LogP contribution in [0.15, 0.2) is 0 Å². The number of hydrogen-bond donors (Lipinski definition) is 0. The Morgan fingerprint density at radius 3 is 2.44 bits per heavy atom. The van der Waals surface area contributed by atoms with Crippen LogP contribution in [0.25, 0.3) is 0 Å². The van der Waals surface area contributed by atoms with Crippen LogP contribution in [0.1, 0.15) is 26.7 Å². The zero-order chi connectivity index (χ0) is 7.28. The van der Waals surface area contributed by atoms with Gasteiger partial charge in [0.25, 0.3) is 0 Å². The van der Waals surface area contributed by atoms with E-state index >= 15 is 0 Å². The molecule has 0 aliphatic carbocycles. The van der Waals surface area contributed by atoms with E-state index in [-0.39, 0.29) is 0 Å². The van der Waals surface area contributed by atoms with Crippen LogP contribution >= 0.6 is 7.80 Å². The normalized spacial score (nSPS) is 15.2. The fraction of sp³-hybridized carbons (Fsp3) is 1.00. The third-order valence-corrected chi connectivity index (χ3v) is 2.49. The first kappa shape index (κ1) is 9.10. The quantitative estimate of drug-likeness (QED) is 0.559. The largest absolute Gasteiger partial charge is 0.335 e. The van der Waals surface area contributed by atoms with Crippen molar-refractivity contribution < 1.29 is 4.57 Å². The molecule has 2 atom stereocenters. The first-order valence-electron chi connectivity index (χ1n) is 3.55. The van der Waals surface area contributed by atoms with Gasteiger partial charge >= 0.3 is 7.80 Å². The van der Waals surface area contributed by atoms with Crippen molar-refractivity contribution in [3.05, 3.63) is 0 Å². The predicted molar refractivity (Wildman–Crippen MR) is 42.5 cm³/mol. The molecule has 54 valence electrons. The average Bonchev–Trinajstić information content (AvgIpc) is 1.63. The molecule has 0 aromatic carbocycles. The fourth-order valence-electron chi connectivity index (χ4n) is 1.02. The molecule has 0 radical (unpaired) electrons. The fourth-order valence-corrected chi connectivity index (χ4v) is 2.08. The third-order valence-electron chi connectivity index (χ3n) is 1.35. The Morgan fingerprint density at radius 1 is 1.56 bits per heavy atom. The first-order chi connectivity index (χ1) is 4.16. The van der Waals surface area contributed by atoms with E-state index in [1.165, 1.54) is 12.8 Å². The van der Waals surface area contributed by atoms with E-state index in [1.54, 1.807) is 0 Å². The molecule has 0 aliphatic rings. The smallest absolute Gasteiger partial charge is 0.0752 e. The molecule has 0 bridgehead atoms. The summed E-state index contributed by atoms with van der Waals surface area (Å²) in [5.74, 6) is 0.656. The Hall–Kier alpha value is 0.100. The van der Waals surface area contributed by atoms with Gasteiger partial charge in [-0.15, -0.1) is 0 Å². The maximum Gasteiger partial charge on any atom is 0.335 e. The van der Waals surface area contributed by atoms with E-state index in [2.05, 4.69) is 13.8 Å². The second-order valence-corrected chi connectivity index (χ2v) is 4.33. The van der Waals surface area contributed by atoms with Gasteiger partial charge in [-0.2, -0.15) is 0 Å². The van der Waals surface area contributed by atoms with E-state index in [1.807, 2.05) is 6.66 Å². The van der Waals surface area contributed by atoms with E-state index in [0.29, 0.717) is 5.92 Å². The SMILES string of the molecule is CCCC(C)C[P+](C)=O. The molecular formula is C7H16OP+. The lowest BCUT2D eigenvalue weighted by molar-refractivity contribution is 0.553. The van der Waals surface area contributed by atoms with Crippen molar-refractivity contribution in [2.45, 2.75) is 26.7 Å². The second-order valence-electron chi connectivity index (χ2n) is 2.70. The van der Waals surface area contributed by atoms with Gasteiger partial charge in [0.1, 0.15) is 12.8 Å². The molecule has 1 nitrogen and oxygen atoms in total. The minimum absolute atomic E-state index is 0.656. The summed E-state index contributed by atoms with van der Waals surface area (Å²) in [6.07, 6.45) is 3.34. The van der Waals surface area contributed by atoms with Crippen LogP contribution in [0.4, 0.5) is 0 Å². The Kier molecular flexibility index (Phi) is 4.99. The van der Waals surface area contributed by atoms with Crippen LogP contribution in [0.3, 0.4) is 0 Å². The van der Waals surface area contributed by atoms with Crippen molar-refractivity contribution in [2.24, 2.45) is 5.92 Å². The molecule has 0 aromatic rings. The van der Waals surface area contributed by atoms with Gasteiger partial charge in [0.15, 0.2) is 0 Å². The maximum absolute atomic E-state index is 10.7. The van der Waals surface area contributed by atoms with Crippen molar-refractivity contribution in [1.82, 2.24) is 0 Å². The van der Waals surface area contributed by atoms with Crippen molar-refractivity contribution in [3.63, 3.8) is 0 Å². The number of rotatable bonds is 4. The van der Waals surface area contributed by atoms with Gasteiger partial charge in [-0.05, 0) is 12.3 Å². The lowest BCUT2D eigenvalue weighted by atomic mass is 10.1. The molecule has 0 aliphatic heterocycles. The van der Waals surface area contributed by atoms with Gasteiger partial charge in [-0.25, -0.2) is 0 Å². The molecule has 2 unspecified atom stereocenters. The van der Waals surface area contributed by atoms with Crippen LogP contribution in [0, 0.1) is 5.92 Å². The molecule has 0 spiro atoms. The summed E-state index contributed by atoms with van der Waals surface area (Å²) < 4.78 is 10.7. The van der Waals surface area contributed by atoms with Crippen LogP contribution in [0.2, 0.25) is 0 Å². The van der Waals surface area contributed by atoms with E-state index in [0.717, 1.165) is 6.16 Å². The summed E-state index contributed by atoms with van der Waals surface area (Å²) in [5.41, 5.74) is 0. The van der Waals surface area contributed by atoms with Crippen molar-refractivity contribution in [3.8, 4) is 0 Å². The van der Waals surface area contributed by atoms with Crippen LogP contribution in [0.5, 0.6) is 0 Å². The Labute approximate surface area is 58.6 Å².